The van der Waals surface area contributed by atoms with Crippen molar-refractivity contribution in [3.8, 4) is 0 Å². The van der Waals surface area contributed by atoms with Crippen LogP contribution in [0.15, 0.2) is 40.9 Å². The van der Waals surface area contributed by atoms with E-state index in [1.165, 1.54) is 6.07 Å². The fraction of sp³-hybridized carbons (Fsp3) is 0.0714. The molecule has 1 amide bonds. The first kappa shape index (κ1) is 16.4. The fourth-order valence-corrected chi connectivity index (χ4v) is 2.16. The number of anilines is 1. The molecule has 2 aromatic carbocycles. The van der Waals surface area contributed by atoms with E-state index in [-0.39, 0.29) is 10.2 Å². The van der Waals surface area contributed by atoms with Crippen LogP contribution in [-0.4, -0.2) is 5.91 Å². The molecule has 1 N–H and O–H groups in total. The molecule has 0 aromatic heterocycles. The van der Waals surface area contributed by atoms with Crippen molar-refractivity contribution in [1.29, 1.82) is 0 Å². The highest BCUT2D eigenvalue weighted by Gasteiger charge is 2.33. The number of hydrogen-bond acceptors (Lipinski definition) is 1. The number of alkyl halides is 3. The van der Waals surface area contributed by atoms with Crippen molar-refractivity contribution in [2.75, 3.05) is 5.32 Å². The normalized spacial score (nSPS) is 11.4. The van der Waals surface area contributed by atoms with Crippen molar-refractivity contribution in [3.05, 3.63) is 63.6 Å². The van der Waals surface area contributed by atoms with Gasteiger partial charge in [-0.1, -0.05) is 15.9 Å². The van der Waals surface area contributed by atoms with Gasteiger partial charge in [-0.15, -0.1) is 0 Å². The second-order valence-corrected chi connectivity index (χ2v) is 5.13. The fourth-order valence-electron chi connectivity index (χ4n) is 1.69. The maximum atomic E-state index is 13.4. The van der Waals surface area contributed by atoms with Gasteiger partial charge in [-0.2, -0.15) is 13.2 Å². The molecule has 8 heteroatoms. The van der Waals surface area contributed by atoms with E-state index in [0.29, 0.717) is 12.1 Å². The maximum absolute atomic E-state index is 13.4. The monoisotopic (exact) mass is 379 g/mol. The number of halogens is 6. The Labute approximate surface area is 130 Å². The van der Waals surface area contributed by atoms with Gasteiger partial charge in [0.05, 0.1) is 11.1 Å². The third kappa shape index (κ3) is 3.62. The van der Waals surface area contributed by atoms with Crippen molar-refractivity contribution in [2.24, 2.45) is 0 Å². The van der Waals surface area contributed by atoms with E-state index < -0.39 is 34.8 Å². The van der Waals surface area contributed by atoms with Crippen LogP contribution in [0.25, 0.3) is 0 Å². The molecule has 0 saturated carbocycles. The summed E-state index contributed by atoms with van der Waals surface area (Å²) >= 11 is 2.76. The summed E-state index contributed by atoms with van der Waals surface area (Å²) in [5, 5.41) is 2.10. The zero-order chi connectivity index (χ0) is 16.5. The quantitative estimate of drug-likeness (QED) is 0.731. The minimum Gasteiger partial charge on any atom is -0.322 e. The van der Waals surface area contributed by atoms with E-state index in [9.17, 15) is 26.7 Å². The van der Waals surface area contributed by atoms with E-state index in [4.69, 9.17) is 0 Å². The van der Waals surface area contributed by atoms with E-state index in [1.54, 1.807) is 0 Å². The summed E-state index contributed by atoms with van der Waals surface area (Å²) in [4.78, 5) is 11.8. The molecule has 0 atom stereocenters. The number of amides is 1. The molecule has 0 aliphatic rings. The SMILES string of the molecule is O=C(Nc1ccc(Br)c(C(F)(F)F)c1)c1cc(F)ccc1F. The summed E-state index contributed by atoms with van der Waals surface area (Å²) in [6, 6.07) is 5.24. The minimum atomic E-state index is -4.62. The first-order chi connectivity index (χ1) is 10.2. The van der Waals surface area contributed by atoms with Gasteiger partial charge in [0.15, 0.2) is 0 Å². The molecule has 0 radical (unpaired) electrons. The van der Waals surface area contributed by atoms with Crippen LogP contribution in [0.5, 0.6) is 0 Å². The van der Waals surface area contributed by atoms with Gasteiger partial charge in [0.25, 0.3) is 5.91 Å². The Morgan fingerprint density at radius 2 is 1.73 bits per heavy atom. The largest absolute Gasteiger partial charge is 0.417 e. The Morgan fingerprint density at radius 3 is 2.36 bits per heavy atom. The maximum Gasteiger partial charge on any atom is 0.417 e. The van der Waals surface area contributed by atoms with Gasteiger partial charge < -0.3 is 5.32 Å². The lowest BCUT2D eigenvalue weighted by Crippen LogP contribution is -2.15. The highest BCUT2D eigenvalue weighted by atomic mass is 79.9. The van der Waals surface area contributed by atoms with Gasteiger partial charge >= 0.3 is 6.18 Å². The summed E-state index contributed by atoms with van der Waals surface area (Å²) in [7, 11) is 0. The number of carbonyl (C=O) groups excluding carboxylic acids is 1. The van der Waals surface area contributed by atoms with E-state index in [0.717, 1.165) is 18.2 Å². The molecule has 2 aromatic rings. The van der Waals surface area contributed by atoms with Crippen molar-refractivity contribution in [1.82, 2.24) is 0 Å². The van der Waals surface area contributed by atoms with Gasteiger partial charge in [-0.05, 0) is 36.4 Å². The highest BCUT2D eigenvalue weighted by molar-refractivity contribution is 9.10. The van der Waals surface area contributed by atoms with Crippen LogP contribution < -0.4 is 5.32 Å². The van der Waals surface area contributed by atoms with Crippen molar-refractivity contribution >= 4 is 27.5 Å². The molecular formula is C14H7BrF5NO. The van der Waals surface area contributed by atoms with E-state index >= 15 is 0 Å². The Bertz CT molecular complexity index is 730. The van der Waals surface area contributed by atoms with Crippen LogP contribution in [0.1, 0.15) is 15.9 Å². The summed E-state index contributed by atoms with van der Waals surface area (Å²) in [5.74, 6) is -2.86. The van der Waals surface area contributed by atoms with Crippen LogP contribution in [0.3, 0.4) is 0 Å². The molecule has 0 heterocycles. The van der Waals surface area contributed by atoms with E-state index in [2.05, 4.69) is 21.2 Å². The van der Waals surface area contributed by atoms with Crippen molar-refractivity contribution in [3.63, 3.8) is 0 Å². The first-order valence-corrected chi connectivity index (χ1v) is 6.61. The standard InChI is InChI=1S/C14H7BrF5NO/c15-11-3-2-8(6-10(11)14(18,19)20)21-13(22)9-5-7(16)1-4-12(9)17/h1-6H,(H,21,22). The molecular weight excluding hydrogens is 373 g/mol. The van der Waals surface area contributed by atoms with Crippen molar-refractivity contribution in [2.45, 2.75) is 6.18 Å². The summed E-state index contributed by atoms with van der Waals surface area (Å²) in [6.07, 6.45) is -4.62. The minimum absolute atomic E-state index is 0.191. The van der Waals surface area contributed by atoms with Crippen LogP contribution >= 0.6 is 15.9 Å². The average molecular weight is 380 g/mol. The smallest absolute Gasteiger partial charge is 0.322 e. The molecule has 0 bridgehead atoms. The number of benzene rings is 2. The number of nitrogens with one attached hydrogen (secondary N) is 1. The summed E-state index contributed by atoms with van der Waals surface area (Å²) < 4.78 is 64.5. The third-order valence-corrected chi connectivity index (χ3v) is 3.39. The molecule has 2 nitrogen and oxygen atoms in total. The van der Waals surface area contributed by atoms with Gasteiger partial charge in [0, 0.05) is 10.2 Å². The Kier molecular flexibility index (Phi) is 4.50. The molecule has 0 fully saturated rings. The number of carbonyl (C=O) groups is 1. The predicted molar refractivity (Wildman–Crippen MR) is 73.5 cm³/mol. The first-order valence-electron chi connectivity index (χ1n) is 5.81. The van der Waals surface area contributed by atoms with Gasteiger partial charge in [-0.25, -0.2) is 8.78 Å². The molecule has 0 spiro atoms. The molecule has 0 aliphatic heterocycles. The van der Waals surface area contributed by atoms with Gasteiger partial charge in [-0.3, -0.25) is 4.79 Å². The third-order valence-electron chi connectivity index (χ3n) is 2.70. The van der Waals surface area contributed by atoms with Crippen LogP contribution in [0.2, 0.25) is 0 Å². The van der Waals surface area contributed by atoms with Crippen LogP contribution in [-0.2, 0) is 6.18 Å². The number of hydrogen-bond donors (Lipinski definition) is 1. The molecule has 116 valence electrons. The zero-order valence-corrected chi connectivity index (χ0v) is 12.2. The molecule has 22 heavy (non-hydrogen) atoms. The Hall–Kier alpha value is -1.96. The average Bonchev–Trinajstić information content (AvgIpc) is 2.42. The summed E-state index contributed by atoms with van der Waals surface area (Å²) in [6.45, 7) is 0. The predicted octanol–water partition coefficient (Wildman–Crippen LogP) is 5.00. The second-order valence-electron chi connectivity index (χ2n) is 4.27. The lowest BCUT2D eigenvalue weighted by molar-refractivity contribution is -0.138. The van der Waals surface area contributed by atoms with Crippen LogP contribution in [0, 0.1) is 11.6 Å². The highest BCUT2D eigenvalue weighted by Crippen LogP contribution is 2.36. The van der Waals surface area contributed by atoms with Crippen molar-refractivity contribution < 1.29 is 26.7 Å². The Balaban J connectivity index is 2.31. The Morgan fingerprint density at radius 1 is 1.05 bits per heavy atom. The molecule has 0 unspecified atom stereocenters. The van der Waals surface area contributed by atoms with Crippen LogP contribution in [0.4, 0.5) is 27.6 Å². The van der Waals surface area contributed by atoms with Gasteiger partial charge in [0.2, 0.25) is 0 Å². The molecule has 0 aliphatic carbocycles. The van der Waals surface area contributed by atoms with Gasteiger partial charge in [0.1, 0.15) is 11.6 Å². The zero-order valence-electron chi connectivity index (χ0n) is 10.6. The lowest BCUT2D eigenvalue weighted by Gasteiger charge is -2.12. The lowest BCUT2D eigenvalue weighted by atomic mass is 10.1. The number of rotatable bonds is 2. The molecule has 0 saturated heterocycles. The second kappa shape index (κ2) is 6.04. The van der Waals surface area contributed by atoms with E-state index in [1.807, 2.05) is 0 Å². The summed E-state index contributed by atoms with van der Waals surface area (Å²) in [5.41, 5.74) is -1.79. The topological polar surface area (TPSA) is 29.1 Å². The molecule has 2 rings (SSSR count).